The largest absolute Gasteiger partial charge is 0.333 e. The highest BCUT2D eigenvalue weighted by molar-refractivity contribution is 6.29. The van der Waals surface area contributed by atoms with Crippen molar-refractivity contribution in [2.75, 3.05) is 13.1 Å². The highest BCUT2D eigenvalue weighted by Gasteiger charge is 2.40. The van der Waals surface area contributed by atoms with Crippen molar-refractivity contribution in [1.82, 2.24) is 15.2 Å². The van der Waals surface area contributed by atoms with E-state index in [4.69, 9.17) is 11.6 Å². The van der Waals surface area contributed by atoms with Gasteiger partial charge in [-0.2, -0.15) is 0 Å². The van der Waals surface area contributed by atoms with Gasteiger partial charge >= 0.3 is 0 Å². The van der Waals surface area contributed by atoms with Crippen LogP contribution in [0.2, 0.25) is 5.15 Å². The standard InChI is InChI=1S/C11H12ClN3O/c12-10-2-1-7(4-14-10)11(16)15-6-8-3-9(15)5-13-8/h1-2,4,8-9,13H,3,5-6H2. The fourth-order valence-corrected chi connectivity index (χ4v) is 2.59. The number of nitrogens with one attached hydrogen (secondary N) is 1. The number of halogens is 1. The van der Waals surface area contributed by atoms with E-state index in [1.54, 1.807) is 18.3 Å². The number of nitrogens with zero attached hydrogens (tertiary/aromatic N) is 2. The van der Waals surface area contributed by atoms with Gasteiger partial charge < -0.3 is 10.2 Å². The number of likely N-dealkylation sites (tertiary alicyclic amines) is 1. The van der Waals surface area contributed by atoms with Crippen LogP contribution >= 0.6 is 11.6 Å². The Morgan fingerprint density at radius 2 is 2.44 bits per heavy atom. The molecule has 0 radical (unpaired) electrons. The van der Waals surface area contributed by atoms with E-state index in [1.165, 1.54) is 0 Å². The monoisotopic (exact) mass is 237 g/mol. The number of pyridine rings is 1. The number of amides is 1. The average Bonchev–Trinajstić information content (AvgIpc) is 2.91. The minimum atomic E-state index is 0.0677. The molecule has 1 aromatic heterocycles. The van der Waals surface area contributed by atoms with Gasteiger partial charge in [0.2, 0.25) is 0 Å². The van der Waals surface area contributed by atoms with Crippen molar-refractivity contribution in [3.63, 3.8) is 0 Å². The van der Waals surface area contributed by atoms with Gasteiger partial charge in [-0.1, -0.05) is 11.6 Å². The van der Waals surface area contributed by atoms with E-state index in [1.807, 2.05) is 4.90 Å². The van der Waals surface area contributed by atoms with Crippen LogP contribution in [0.15, 0.2) is 18.3 Å². The molecule has 84 valence electrons. The average molecular weight is 238 g/mol. The highest BCUT2D eigenvalue weighted by atomic mass is 35.5. The number of carbonyl (C=O) groups is 1. The van der Waals surface area contributed by atoms with E-state index < -0.39 is 0 Å². The summed E-state index contributed by atoms with van der Waals surface area (Å²) in [6.07, 6.45) is 2.62. The molecule has 16 heavy (non-hydrogen) atoms. The lowest BCUT2D eigenvalue weighted by atomic mass is 10.2. The molecule has 2 aliphatic heterocycles. The summed E-state index contributed by atoms with van der Waals surface area (Å²) < 4.78 is 0. The number of carbonyl (C=O) groups excluding carboxylic acids is 1. The lowest BCUT2D eigenvalue weighted by Crippen LogP contribution is -2.46. The molecule has 2 saturated heterocycles. The van der Waals surface area contributed by atoms with Crippen molar-refractivity contribution in [3.05, 3.63) is 29.0 Å². The molecular weight excluding hydrogens is 226 g/mol. The summed E-state index contributed by atoms with van der Waals surface area (Å²) >= 11 is 5.69. The lowest BCUT2D eigenvalue weighted by molar-refractivity contribution is 0.0715. The molecule has 0 aromatic carbocycles. The van der Waals surface area contributed by atoms with Crippen molar-refractivity contribution in [2.24, 2.45) is 0 Å². The van der Waals surface area contributed by atoms with Gasteiger partial charge in [0.05, 0.1) is 5.56 Å². The molecule has 2 bridgehead atoms. The van der Waals surface area contributed by atoms with E-state index in [2.05, 4.69) is 10.3 Å². The minimum Gasteiger partial charge on any atom is -0.333 e. The molecule has 0 saturated carbocycles. The normalized spacial score (nSPS) is 27.4. The SMILES string of the molecule is O=C(c1ccc(Cl)nc1)N1CC2CC1CN2. The molecule has 0 spiro atoms. The summed E-state index contributed by atoms with van der Waals surface area (Å²) in [6, 6.07) is 4.22. The second-order valence-corrected chi connectivity index (χ2v) is 4.71. The summed E-state index contributed by atoms with van der Waals surface area (Å²) in [7, 11) is 0. The molecular formula is C11H12ClN3O. The maximum absolute atomic E-state index is 12.2. The predicted octanol–water partition coefficient (Wildman–Crippen LogP) is 0.921. The van der Waals surface area contributed by atoms with Gasteiger partial charge in [0.25, 0.3) is 5.91 Å². The fraction of sp³-hybridized carbons (Fsp3) is 0.455. The molecule has 2 atom stereocenters. The first kappa shape index (κ1) is 10.1. The van der Waals surface area contributed by atoms with E-state index in [0.717, 1.165) is 19.5 Å². The fourth-order valence-electron chi connectivity index (χ4n) is 2.48. The van der Waals surface area contributed by atoms with Gasteiger partial charge in [-0.3, -0.25) is 4.79 Å². The van der Waals surface area contributed by atoms with E-state index in [9.17, 15) is 4.79 Å². The molecule has 2 unspecified atom stereocenters. The Morgan fingerprint density at radius 3 is 3.00 bits per heavy atom. The Balaban J connectivity index is 1.80. The maximum atomic E-state index is 12.2. The van der Waals surface area contributed by atoms with Gasteiger partial charge in [0.1, 0.15) is 5.15 Å². The van der Waals surface area contributed by atoms with Crippen LogP contribution in [0.25, 0.3) is 0 Å². The molecule has 5 heteroatoms. The molecule has 4 nitrogen and oxygen atoms in total. The molecule has 1 aromatic rings. The van der Waals surface area contributed by atoms with Crippen molar-refractivity contribution < 1.29 is 4.79 Å². The first-order valence-electron chi connectivity index (χ1n) is 5.40. The zero-order valence-corrected chi connectivity index (χ0v) is 9.44. The van der Waals surface area contributed by atoms with Crippen molar-refractivity contribution in [2.45, 2.75) is 18.5 Å². The molecule has 0 aliphatic carbocycles. The summed E-state index contributed by atoms with van der Waals surface area (Å²) in [6.45, 7) is 1.73. The van der Waals surface area contributed by atoms with Crippen molar-refractivity contribution >= 4 is 17.5 Å². The Kier molecular flexibility index (Phi) is 2.33. The molecule has 2 aliphatic rings. The van der Waals surface area contributed by atoms with Crippen LogP contribution in [0.5, 0.6) is 0 Å². The Morgan fingerprint density at radius 1 is 1.56 bits per heavy atom. The second kappa shape index (κ2) is 3.71. The summed E-state index contributed by atoms with van der Waals surface area (Å²) in [4.78, 5) is 18.0. The molecule has 3 rings (SSSR count). The van der Waals surface area contributed by atoms with Crippen LogP contribution in [0.1, 0.15) is 16.8 Å². The topological polar surface area (TPSA) is 45.2 Å². The van der Waals surface area contributed by atoms with Crippen LogP contribution < -0.4 is 5.32 Å². The van der Waals surface area contributed by atoms with E-state index in [0.29, 0.717) is 22.8 Å². The Hall–Kier alpha value is -1.13. The quantitative estimate of drug-likeness (QED) is 0.739. The van der Waals surface area contributed by atoms with Gasteiger partial charge in [-0.15, -0.1) is 0 Å². The first-order valence-corrected chi connectivity index (χ1v) is 5.78. The predicted molar refractivity (Wildman–Crippen MR) is 60.5 cm³/mol. The van der Waals surface area contributed by atoms with Gasteiger partial charge in [-0.25, -0.2) is 4.98 Å². The third kappa shape index (κ3) is 1.58. The van der Waals surface area contributed by atoms with Gasteiger partial charge in [0.15, 0.2) is 0 Å². The number of fused-ring (bicyclic) bond motifs is 2. The molecule has 3 heterocycles. The number of hydrogen-bond acceptors (Lipinski definition) is 3. The number of aromatic nitrogens is 1. The van der Waals surface area contributed by atoms with Crippen LogP contribution in [-0.4, -0.2) is 41.0 Å². The molecule has 1 N–H and O–H groups in total. The summed E-state index contributed by atoms with van der Waals surface area (Å²) in [5, 5.41) is 3.79. The zero-order valence-electron chi connectivity index (χ0n) is 8.69. The van der Waals surface area contributed by atoms with Crippen molar-refractivity contribution in [1.29, 1.82) is 0 Å². The van der Waals surface area contributed by atoms with Crippen LogP contribution in [0, 0.1) is 0 Å². The van der Waals surface area contributed by atoms with Gasteiger partial charge in [0, 0.05) is 31.4 Å². The highest BCUT2D eigenvalue weighted by Crippen LogP contribution is 2.25. The van der Waals surface area contributed by atoms with Crippen LogP contribution in [-0.2, 0) is 0 Å². The van der Waals surface area contributed by atoms with Crippen LogP contribution in [0.4, 0.5) is 0 Å². The first-order chi connectivity index (χ1) is 7.74. The second-order valence-electron chi connectivity index (χ2n) is 4.32. The van der Waals surface area contributed by atoms with Gasteiger partial charge in [-0.05, 0) is 18.6 Å². The summed E-state index contributed by atoms with van der Waals surface area (Å²) in [5.41, 5.74) is 0.622. The molecule has 1 amide bonds. The van der Waals surface area contributed by atoms with Crippen LogP contribution in [0.3, 0.4) is 0 Å². The third-order valence-electron chi connectivity index (χ3n) is 3.29. The van der Waals surface area contributed by atoms with Crippen molar-refractivity contribution in [3.8, 4) is 0 Å². The van der Waals surface area contributed by atoms with E-state index >= 15 is 0 Å². The summed E-state index contributed by atoms with van der Waals surface area (Å²) in [5.74, 6) is 0.0677. The Labute approximate surface area is 98.6 Å². The Bertz CT molecular complexity index is 420. The minimum absolute atomic E-state index is 0.0677. The number of rotatable bonds is 1. The third-order valence-corrected chi connectivity index (χ3v) is 3.52. The molecule has 2 fully saturated rings. The zero-order chi connectivity index (χ0) is 11.1. The smallest absolute Gasteiger partial charge is 0.255 e. The lowest BCUT2D eigenvalue weighted by Gasteiger charge is -2.27. The number of hydrogen-bond donors (Lipinski definition) is 1. The number of piperazine rings is 1. The maximum Gasteiger partial charge on any atom is 0.255 e. The van der Waals surface area contributed by atoms with E-state index in [-0.39, 0.29) is 5.91 Å².